The van der Waals surface area contributed by atoms with E-state index in [1.54, 1.807) is 12.1 Å². The maximum Gasteiger partial charge on any atom is 0.321 e. The van der Waals surface area contributed by atoms with Crippen molar-refractivity contribution in [1.82, 2.24) is 9.97 Å². The molecule has 1 aromatic carbocycles. The first-order chi connectivity index (χ1) is 8.72. The Hall–Kier alpha value is -1.94. The van der Waals surface area contributed by atoms with Crippen LogP contribution in [0.5, 0.6) is 11.8 Å². The molecule has 0 aliphatic heterocycles. The normalized spacial score (nSPS) is 10.1. The van der Waals surface area contributed by atoms with Gasteiger partial charge in [-0.1, -0.05) is 18.5 Å². The van der Waals surface area contributed by atoms with Crippen molar-refractivity contribution in [2.24, 2.45) is 0 Å². The highest BCUT2D eigenvalue weighted by molar-refractivity contribution is 6.31. The van der Waals surface area contributed by atoms with Gasteiger partial charge in [-0.05, 0) is 30.2 Å². The predicted molar refractivity (Wildman–Crippen MR) is 68.3 cm³/mol. The van der Waals surface area contributed by atoms with Crippen LogP contribution in [0.15, 0.2) is 30.6 Å². The van der Waals surface area contributed by atoms with Gasteiger partial charge >= 0.3 is 6.01 Å². The zero-order valence-electron chi connectivity index (χ0n) is 9.76. The highest BCUT2D eigenvalue weighted by Crippen LogP contribution is 2.24. The van der Waals surface area contributed by atoms with Crippen LogP contribution in [0, 0.1) is 0 Å². The van der Waals surface area contributed by atoms with Crippen molar-refractivity contribution in [3.63, 3.8) is 0 Å². The van der Waals surface area contributed by atoms with Gasteiger partial charge in [0.2, 0.25) is 0 Å². The molecule has 0 fully saturated rings. The van der Waals surface area contributed by atoms with Crippen molar-refractivity contribution in [2.75, 3.05) is 0 Å². The molecular weight excluding hydrogens is 252 g/mol. The molecule has 0 unspecified atom stereocenters. The summed E-state index contributed by atoms with van der Waals surface area (Å²) in [5.74, 6) is 0.620. The summed E-state index contributed by atoms with van der Waals surface area (Å²) in [6.45, 7) is 2.01. The Morgan fingerprint density at radius 2 is 2.06 bits per heavy atom. The number of halogens is 1. The summed E-state index contributed by atoms with van der Waals surface area (Å²) >= 11 is 6.01. The molecule has 1 aromatic heterocycles. The number of carbonyl (C=O) groups excluding carboxylic acids is 1. The first-order valence-corrected chi connectivity index (χ1v) is 5.84. The van der Waals surface area contributed by atoms with Crippen LogP contribution in [0.2, 0.25) is 5.02 Å². The van der Waals surface area contributed by atoms with Gasteiger partial charge in [0.05, 0.1) is 5.56 Å². The number of rotatable bonds is 4. The second kappa shape index (κ2) is 5.60. The predicted octanol–water partition coefficient (Wildman–Crippen LogP) is 3.30. The van der Waals surface area contributed by atoms with E-state index in [1.165, 1.54) is 12.4 Å². The van der Waals surface area contributed by atoms with Gasteiger partial charge in [-0.2, -0.15) is 0 Å². The van der Waals surface area contributed by atoms with E-state index in [0.717, 1.165) is 12.0 Å². The third-order valence-corrected chi connectivity index (χ3v) is 2.76. The summed E-state index contributed by atoms with van der Waals surface area (Å²) in [6, 6.07) is 5.57. The average molecular weight is 263 g/mol. The van der Waals surface area contributed by atoms with Crippen molar-refractivity contribution in [2.45, 2.75) is 13.3 Å². The van der Waals surface area contributed by atoms with Gasteiger partial charge < -0.3 is 4.74 Å². The van der Waals surface area contributed by atoms with Crippen LogP contribution in [0.3, 0.4) is 0 Å². The van der Waals surface area contributed by atoms with E-state index in [1.807, 2.05) is 13.0 Å². The lowest BCUT2D eigenvalue weighted by Gasteiger charge is -2.06. The highest BCUT2D eigenvalue weighted by atomic mass is 35.5. The molecule has 0 radical (unpaired) electrons. The van der Waals surface area contributed by atoms with Crippen molar-refractivity contribution in [3.8, 4) is 11.8 Å². The molecule has 18 heavy (non-hydrogen) atoms. The maximum atomic E-state index is 10.5. The number of hydrogen-bond donors (Lipinski definition) is 0. The van der Waals surface area contributed by atoms with Gasteiger partial charge in [0.25, 0.3) is 0 Å². The van der Waals surface area contributed by atoms with Gasteiger partial charge in [-0.15, -0.1) is 0 Å². The molecule has 0 spiro atoms. The van der Waals surface area contributed by atoms with Crippen LogP contribution in [0.4, 0.5) is 0 Å². The second-order valence-corrected chi connectivity index (χ2v) is 4.03. The monoisotopic (exact) mass is 262 g/mol. The Morgan fingerprint density at radius 3 is 2.67 bits per heavy atom. The number of nitrogens with zero attached hydrogens (tertiary/aromatic N) is 2. The minimum absolute atomic E-state index is 0.199. The first kappa shape index (κ1) is 12.5. The van der Waals surface area contributed by atoms with E-state index in [4.69, 9.17) is 16.3 Å². The van der Waals surface area contributed by atoms with Crippen LogP contribution in [0.25, 0.3) is 0 Å². The summed E-state index contributed by atoms with van der Waals surface area (Å²) in [5.41, 5.74) is 1.41. The lowest BCUT2D eigenvalue weighted by molar-refractivity contribution is 0.112. The van der Waals surface area contributed by atoms with E-state index in [0.29, 0.717) is 22.6 Å². The molecule has 0 N–H and O–H groups in total. The van der Waals surface area contributed by atoms with Crippen LogP contribution < -0.4 is 4.74 Å². The Balaban J connectivity index is 2.19. The molecule has 5 heteroatoms. The maximum absolute atomic E-state index is 10.5. The first-order valence-electron chi connectivity index (χ1n) is 5.46. The molecule has 2 aromatic rings. The molecule has 4 nitrogen and oxygen atoms in total. The van der Waals surface area contributed by atoms with Gasteiger partial charge in [0.1, 0.15) is 5.75 Å². The minimum Gasteiger partial charge on any atom is -0.424 e. The van der Waals surface area contributed by atoms with E-state index in [9.17, 15) is 4.79 Å². The van der Waals surface area contributed by atoms with Crippen molar-refractivity contribution < 1.29 is 9.53 Å². The average Bonchev–Trinajstić information content (AvgIpc) is 2.42. The van der Waals surface area contributed by atoms with Crippen molar-refractivity contribution in [3.05, 3.63) is 46.7 Å². The summed E-state index contributed by atoms with van der Waals surface area (Å²) in [7, 11) is 0. The fraction of sp³-hybridized carbons (Fsp3) is 0.154. The second-order valence-electron chi connectivity index (χ2n) is 3.63. The number of benzene rings is 1. The van der Waals surface area contributed by atoms with Crippen LogP contribution in [0.1, 0.15) is 22.8 Å². The third kappa shape index (κ3) is 2.84. The molecule has 0 bridgehead atoms. The van der Waals surface area contributed by atoms with E-state index in [2.05, 4.69) is 9.97 Å². The van der Waals surface area contributed by atoms with Crippen LogP contribution >= 0.6 is 11.6 Å². The molecular formula is C13H11ClN2O2. The zero-order chi connectivity index (χ0) is 13.0. The van der Waals surface area contributed by atoms with Gasteiger partial charge in [0, 0.05) is 17.4 Å². The van der Waals surface area contributed by atoms with Crippen molar-refractivity contribution >= 4 is 17.9 Å². The molecule has 1 heterocycles. The Kier molecular flexibility index (Phi) is 3.89. The largest absolute Gasteiger partial charge is 0.424 e. The topological polar surface area (TPSA) is 52.1 Å². The number of aldehydes is 1. The standard InChI is InChI=1S/C13H11ClN2O2/c1-2-10-5-11(3-4-12(10)14)18-13-15-6-9(8-17)7-16-13/h3-8H,2H2,1H3. The summed E-state index contributed by atoms with van der Waals surface area (Å²) < 4.78 is 5.48. The molecule has 0 saturated heterocycles. The quantitative estimate of drug-likeness (QED) is 0.794. The number of hydrogen-bond acceptors (Lipinski definition) is 4. The molecule has 0 aliphatic carbocycles. The molecule has 0 aliphatic rings. The summed E-state index contributed by atoms with van der Waals surface area (Å²) in [5, 5.41) is 0.710. The van der Waals surface area contributed by atoms with Gasteiger partial charge in [-0.25, -0.2) is 9.97 Å². The molecule has 0 amide bonds. The Bertz CT molecular complexity index is 555. The lowest BCUT2D eigenvalue weighted by Crippen LogP contribution is -1.94. The SMILES string of the molecule is CCc1cc(Oc2ncc(C=O)cn2)ccc1Cl. The molecule has 0 atom stereocenters. The summed E-state index contributed by atoms with van der Waals surface area (Å²) in [6.07, 6.45) is 4.32. The third-order valence-electron chi connectivity index (χ3n) is 2.39. The number of carbonyl (C=O) groups is 1. The molecule has 0 saturated carbocycles. The Labute approximate surface area is 110 Å². The van der Waals surface area contributed by atoms with E-state index < -0.39 is 0 Å². The smallest absolute Gasteiger partial charge is 0.321 e. The fourth-order valence-corrected chi connectivity index (χ4v) is 1.68. The Morgan fingerprint density at radius 1 is 1.33 bits per heavy atom. The lowest BCUT2D eigenvalue weighted by atomic mass is 10.1. The minimum atomic E-state index is 0.199. The van der Waals surface area contributed by atoms with Gasteiger partial charge in [-0.3, -0.25) is 4.79 Å². The highest BCUT2D eigenvalue weighted by Gasteiger charge is 2.04. The molecule has 92 valence electrons. The number of aryl methyl sites for hydroxylation is 1. The number of ether oxygens (including phenoxy) is 1. The summed E-state index contributed by atoms with van der Waals surface area (Å²) in [4.78, 5) is 18.3. The fourth-order valence-electron chi connectivity index (χ4n) is 1.43. The van der Waals surface area contributed by atoms with E-state index >= 15 is 0 Å². The zero-order valence-corrected chi connectivity index (χ0v) is 10.5. The van der Waals surface area contributed by atoms with Crippen LogP contribution in [-0.4, -0.2) is 16.3 Å². The molecule has 2 rings (SSSR count). The number of aromatic nitrogens is 2. The van der Waals surface area contributed by atoms with E-state index in [-0.39, 0.29) is 6.01 Å². The van der Waals surface area contributed by atoms with Crippen LogP contribution in [-0.2, 0) is 6.42 Å². The van der Waals surface area contributed by atoms with Crippen molar-refractivity contribution in [1.29, 1.82) is 0 Å². The van der Waals surface area contributed by atoms with Gasteiger partial charge in [0.15, 0.2) is 6.29 Å².